The highest BCUT2D eigenvalue weighted by Gasteiger charge is 2.21. The van der Waals surface area contributed by atoms with Crippen molar-refractivity contribution in [3.8, 4) is 22.6 Å². The van der Waals surface area contributed by atoms with Crippen LogP contribution in [0, 0.1) is 6.92 Å². The van der Waals surface area contributed by atoms with Gasteiger partial charge in [0.2, 0.25) is 0 Å². The Labute approximate surface area is 151 Å². The maximum Gasteiger partial charge on any atom is 0.159 e. The summed E-state index contributed by atoms with van der Waals surface area (Å²) in [4.78, 5) is 14.4. The van der Waals surface area contributed by atoms with E-state index in [-0.39, 0.29) is 6.10 Å². The molecule has 0 amide bonds. The third kappa shape index (κ3) is 3.46. The molecule has 0 fully saturated rings. The van der Waals surface area contributed by atoms with E-state index >= 15 is 0 Å². The van der Waals surface area contributed by atoms with Gasteiger partial charge in [-0.3, -0.25) is 0 Å². The molecule has 0 bridgehead atoms. The van der Waals surface area contributed by atoms with Crippen LogP contribution < -0.4 is 0 Å². The average Bonchev–Trinajstić information content (AvgIpc) is 3.32. The van der Waals surface area contributed by atoms with Crippen molar-refractivity contribution in [2.45, 2.75) is 39.3 Å². The quantitative estimate of drug-likeness (QED) is 0.707. The largest absolute Gasteiger partial charge is 0.390 e. The van der Waals surface area contributed by atoms with E-state index in [2.05, 4.69) is 51.4 Å². The standard InChI is InChI=1S/C19H20N6O/c1-3-16-8-17(26-23-16)11-25-12-18(22-24-25)15-9-20-19(21-10-15)14-6-4-5-13(2)7-14/h4-7,9-10,12,17H,3,8,11H2,1-2H3. The van der Waals surface area contributed by atoms with E-state index < -0.39 is 0 Å². The van der Waals surface area contributed by atoms with E-state index in [1.807, 2.05) is 18.3 Å². The lowest BCUT2D eigenvalue weighted by Crippen LogP contribution is -2.16. The average molecular weight is 348 g/mol. The van der Waals surface area contributed by atoms with E-state index in [0.717, 1.165) is 35.4 Å². The summed E-state index contributed by atoms with van der Waals surface area (Å²) >= 11 is 0. The van der Waals surface area contributed by atoms with Gasteiger partial charge in [-0.1, -0.05) is 41.1 Å². The van der Waals surface area contributed by atoms with Crippen molar-refractivity contribution < 1.29 is 4.84 Å². The molecule has 1 atom stereocenters. The van der Waals surface area contributed by atoms with Gasteiger partial charge in [-0.2, -0.15) is 0 Å². The van der Waals surface area contributed by atoms with Crippen molar-refractivity contribution in [2.24, 2.45) is 5.16 Å². The maximum absolute atomic E-state index is 5.42. The first kappa shape index (κ1) is 16.4. The van der Waals surface area contributed by atoms with E-state index in [9.17, 15) is 0 Å². The Hall–Kier alpha value is -3.09. The fourth-order valence-electron chi connectivity index (χ4n) is 2.92. The zero-order chi connectivity index (χ0) is 17.9. The van der Waals surface area contributed by atoms with Crippen molar-refractivity contribution in [3.63, 3.8) is 0 Å². The minimum atomic E-state index is 0.0273. The monoisotopic (exact) mass is 348 g/mol. The Morgan fingerprint density at radius 3 is 2.77 bits per heavy atom. The predicted molar refractivity (Wildman–Crippen MR) is 98.4 cm³/mol. The van der Waals surface area contributed by atoms with Crippen LogP contribution in [0.15, 0.2) is 48.0 Å². The normalized spacial score (nSPS) is 16.4. The fourth-order valence-corrected chi connectivity index (χ4v) is 2.92. The molecule has 7 nitrogen and oxygen atoms in total. The summed E-state index contributed by atoms with van der Waals surface area (Å²) in [7, 11) is 0. The van der Waals surface area contributed by atoms with Crippen molar-refractivity contribution in [1.29, 1.82) is 0 Å². The van der Waals surface area contributed by atoms with Gasteiger partial charge in [0.25, 0.3) is 0 Å². The fraction of sp³-hybridized carbons (Fsp3) is 0.316. The summed E-state index contributed by atoms with van der Waals surface area (Å²) in [6, 6.07) is 8.14. The molecule has 0 saturated carbocycles. The van der Waals surface area contributed by atoms with E-state index in [0.29, 0.717) is 12.4 Å². The molecule has 0 saturated heterocycles. The number of aromatic nitrogens is 5. The van der Waals surface area contributed by atoms with Crippen molar-refractivity contribution in [2.75, 3.05) is 0 Å². The molecule has 1 aromatic carbocycles. The molecular formula is C19H20N6O. The van der Waals surface area contributed by atoms with Gasteiger partial charge < -0.3 is 4.84 Å². The van der Waals surface area contributed by atoms with E-state index in [4.69, 9.17) is 4.84 Å². The van der Waals surface area contributed by atoms with Gasteiger partial charge in [0, 0.05) is 29.9 Å². The highest BCUT2D eigenvalue weighted by Crippen LogP contribution is 2.20. The van der Waals surface area contributed by atoms with Crippen LogP contribution in [-0.2, 0) is 11.4 Å². The van der Waals surface area contributed by atoms with Crippen LogP contribution >= 0.6 is 0 Å². The number of benzene rings is 1. The first-order valence-electron chi connectivity index (χ1n) is 8.72. The Balaban J connectivity index is 1.46. The Morgan fingerprint density at radius 2 is 2.04 bits per heavy atom. The van der Waals surface area contributed by atoms with Crippen LogP contribution in [0.2, 0.25) is 0 Å². The number of hydrogen-bond acceptors (Lipinski definition) is 6. The SMILES string of the molecule is CCC1=NOC(Cn2cc(-c3cnc(-c4cccc(C)c4)nc3)nn2)C1. The molecule has 0 N–H and O–H groups in total. The van der Waals surface area contributed by atoms with Crippen LogP contribution in [0.1, 0.15) is 25.3 Å². The van der Waals surface area contributed by atoms with Crippen LogP contribution in [0.4, 0.5) is 0 Å². The molecule has 132 valence electrons. The summed E-state index contributed by atoms with van der Waals surface area (Å²) in [6.45, 7) is 4.76. The number of oxime groups is 1. The van der Waals surface area contributed by atoms with Gasteiger partial charge >= 0.3 is 0 Å². The van der Waals surface area contributed by atoms with Gasteiger partial charge in [-0.15, -0.1) is 5.10 Å². The molecule has 2 aromatic heterocycles. The minimum absolute atomic E-state index is 0.0273. The molecule has 0 aliphatic carbocycles. The Kier molecular flexibility index (Phi) is 4.43. The lowest BCUT2D eigenvalue weighted by atomic mass is 10.1. The summed E-state index contributed by atoms with van der Waals surface area (Å²) in [5, 5.41) is 12.5. The van der Waals surface area contributed by atoms with Crippen molar-refractivity contribution >= 4 is 5.71 Å². The van der Waals surface area contributed by atoms with E-state index in [1.165, 1.54) is 5.56 Å². The second kappa shape index (κ2) is 7.03. The molecule has 1 unspecified atom stereocenters. The number of aryl methyl sites for hydroxylation is 1. The first-order chi connectivity index (χ1) is 12.7. The highest BCUT2D eigenvalue weighted by atomic mass is 16.6. The molecule has 4 rings (SSSR count). The van der Waals surface area contributed by atoms with Crippen molar-refractivity contribution in [1.82, 2.24) is 25.0 Å². The maximum atomic E-state index is 5.42. The molecular weight excluding hydrogens is 328 g/mol. The Morgan fingerprint density at radius 1 is 1.19 bits per heavy atom. The third-order valence-corrected chi connectivity index (χ3v) is 4.36. The van der Waals surface area contributed by atoms with Crippen LogP contribution in [0.3, 0.4) is 0 Å². The topological polar surface area (TPSA) is 78.1 Å². The summed E-state index contributed by atoms with van der Waals surface area (Å²) in [5.74, 6) is 0.702. The highest BCUT2D eigenvalue weighted by molar-refractivity contribution is 5.85. The molecule has 1 aliphatic rings. The number of nitrogens with zero attached hydrogens (tertiary/aromatic N) is 6. The summed E-state index contributed by atoms with van der Waals surface area (Å²) in [5.41, 5.74) is 4.86. The van der Waals surface area contributed by atoms with Crippen LogP contribution in [0.25, 0.3) is 22.6 Å². The number of rotatable bonds is 5. The molecule has 3 aromatic rings. The molecule has 3 heterocycles. The molecule has 7 heteroatoms. The summed E-state index contributed by atoms with van der Waals surface area (Å²) < 4.78 is 1.78. The molecule has 0 spiro atoms. The molecule has 26 heavy (non-hydrogen) atoms. The van der Waals surface area contributed by atoms with Gasteiger partial charge in [0.15, 0.2) is 11.9 Å². The minimum Gasteiger partial charge on any atom is -0.390 e. The van der Waals surface area contributed by atoms with Gasteiger partial charge in [0.05, 0.1) is 18.5 Å². The lowest BCUT2D eigenvalue weighted by molar-refractivity contribution is 0.0693. The number of hydrogen-bond donors (Lipinski definition) is 0. The second-order valence-electron chi connectivity index (χ2n) is 6.43. The predicted octanol–water partition coefficient (Wildman–Crippen LogP) is 3.27. The second-order valence-corrected chi connectivity index (χ2v) is 6.43. The third-order valence-electron chi connectivity index (χ3n) is 4.36. The van der Waals surface area contributed by atoms with Gasteiger partial charge in [-0.25, -0.2) is 14.6 Å². The smallest absolute Gasteiger partial charge is 0.159 e. The molecule has 0 radical (unpaired) electrons. The van der Waals surface area contributed by atoms with Crippen molar-refractivity contribution in [3.05, 3.63) is 48.4 Å². The van der Waals surface area contributed by atoms with Gasteiger partial charge in [-0.05, 0) is 19.4 Å². The zero-order valence-corrected chi connectivity index (χ0v) is 14.8. The Bertz CT molecular complexity index is 931. The van der Waals surface area contributed by atoms with Crippen LogP contribution in [-0.4, -0.2) is 36.8 Å². The van der Waals surface area contributed by atoms with E-state index in [1.54, 1.807) is 17.1 Å². The zero-order valence-electron chi connectivity index (χ0n) is 14.8. The first-order valence-corrected chi connectivity index (χ1v) is 8.72. The van der Waals surface area contributed by atoms with Crippen LogP contribution in [0.5, 0.6) is 0 Å². The summed E-state index contributed by atoms with van der Waals surface area (Å²) in [6.07, 6.45) is 7.24. The molecule has 1 aliphatic heterocycles. The lowest BCUT2D eigenvalue weighted by Gasteiger charge is -2.06. The van der Waals surface area contributed by atoms with Gasteiger partial charge in [0.1, 0.15) is 5.69 Å².